The van der Waals surface area contributed by atoms with Crippen LogP contribution in [0.3, 0.4) is 0 Å². The molecule has 3 amide bonds. The standard InChI is InChI=1S/C40H61N5O8/c1-23(2)26-14-13-24(3)32(20-26)43-40(50)37-36(25(4)46)33(21-42-34(47)15-16-35(48)51-8)53-45(37)22-27-11-10-12-31(38(27)52-9)28-17-29(39(49)41-5)19-30(18-28)44(6)7/h10-12,17-19,23-26,32-33,35-37,46,48H,13-16,20-22H2,1-9H3,(H,41,49)(H,42,47)(H,43,50)/t24-,25-,26+,32-,33-,35?,36+,37-/m0/s1. The van der Waals surface area contributed by atoms with E-state index in [1.165, 1.54) is 7.11 Å². The van der Waals surface area contributed by atoms with Gasteiger partial charge in [-0.3, -0.25) is 19.2 Å². The molecule has 5 N–H and O–H groups in total. The summed E-state index contributed by atoms with van der Waals surface area (Å²) in [4.78, 5) is 48.4. The van der Waals surface area contributed by atoms with Gasteiger partial charge in [0.15, 0.2) is 6.29 Å². The number of carbonyl (C=O) groups is 3. The van der Waals surface area contributed by atoms with E-state index in [0.717, 1.165) is 41.6 Å². The minimum atomic E-state index is -1.05. The van der Waals surface area contributed by atoms with E-state index in [4.69, 9.17) is 14.3 Å². The molecule has 1 heterocycles. The predicted molar refractivity (Wildman–Crippen MR) is 204 cm³/mol. The second-order valence-electron chi connectivity index (χ2n) is 15.2. The summed E-state index contributed by atoms with van der Waals surface area (Å²) in [7, 11) is 8.37. The largest absolute Gasteiger partial charge is 0.496 e. The van der Waals surface area contributed by atoms with Gasteiger partial charge < -0.3 is 40.5 Å². The van der Waals surface area contributed by atoms with Crippen LogP contribution in [0.1, 0.15) is 75.7 Å². The molecular formula is C40H61N5O8. The molecule has 0 spiro atoms. The van der Waals surface area contributed by atoms with E-state index in [0.29, 0.717) is 29.1 Å². The van der Waals surface area contributed by atoms with Crippen molar-refractivity contribution < 1.29 is 38.9 Å². The van der Waals surface area contributed by atoms with Crippen molar-refractivity contribution in [1.29, 1.82) is 0 Å². The minimum Gasteiger partial charge on any atom is -0.496 e. The Hall–Kier alpha value is -3.75. The zero-order valence-corrected chi connectivity index (χ0v) is 32.8. The van der Waals surface area contributed by atoms with Gasteiger partial charge in [-0.1, -0.05) is 39.0 Å². The number of methoxy groups -OCH3 is 2. The number of hydrogen-bond donors (Lipinski definition) is 5. The first kappa shape index (κ1) is 42.0. The van der Waals surface area contributed by atoms with Gasteiger partial charge >= 0.3 is 0 Å². The molecule has 0 aromatic heterocycles. The lowest BCUT2D eigenvalue weighted by atomic mass is 9.74. The molecule has 0 bridgehead atoms. The molecule has 0 radical (unpaired) electrons. The number of nitrogens with one attached hydrogen (secondary N) is 3. The van der Waals surface area contributed by atoms with E-state index in [9.17, 15) is 24.6 Å². The fourth-order valence-electron chi connectivity index (χ4n) is 7.64. The van der Waals surface area contributed by atoms with Crippen LogP contribution in [0.2, 0.25) is 0 Å². The molecule has 2 fully saturated rings. The smallest absolute Gasteiger partial charge is 0.251 e. The predicted octanol–water partition coefficient (Wildman–Crippen LogP) is 3.71. The maximum Gasteiger partial charge on any atom is 0.251 e. The Morgan fingerprint density at radius 3 is 2.43 bits per heavy atom. The van der Waals surface area contributed by atoms with Gasteiger partial charge in [0.05, 0.1) is 19.8 Å². The van der Waals surface area contributed by atoms with Crippen molar-refractivity contribution in [3.8, 4) is 16.9 Å². The molecule has 1 saturated heterocycles. The number of carbonyl (C=O) groups excluding carboxylic acids is 3. The van der Waals surface area contributed by atoms with Crippen molar-refractivity contribution in [1.82, 2.24) is 21.0 Å². The molecule has 4 rings (SSSR count). The lowest BCUT2D eigenvalue weighted by Gasteiger charge is -2.38. The summed E-state index contributed by atoms with van der Waals surface area (Å²) in [6, 6.07) is 10.4. The quantitative estimate of drug-likeness (QED) is 0.161. The number of aliphatic hydroxyl groups excluding tert-OH is 2. The molecular weight excluding hydrogens is 678 g/mol. The van der Waals surface area contributed by atoms with Crippen LogP contribution in [0, 0.1) is 23.7 Å². The normalized spacial score (nSPS) is 24.4. The molecule has 1 aliphatic carbocycles. The summed E-state index contributed by atoms with van der Waals surface area (Å²) < 4.78 is 10.9. The Labute approximate surface area is 314 Å². The van der Waals surface area contributed by atoms with Crippen LogP contribution >= 0.6 is 0 Å². The average Bonchev–Trinajstić information content (AvgIpc) is 3.51. The Kier molecular flexibility index (Phi) is 15.1. The average molecular weight is 740 g/mol. The number of aliphatic hydroxyl groups is 2. The highest BCUT2D eigenvalue weighted by molar-refractivity contribution is 5.97. The SMILES string of the molecule is CNC(=O)c1cc(-c2cccc(CN3O[C@@H](CNC(=O)CCC(O)OC)[C@@H]([C@H](C)O)[C@H]3C(=O)N[C@H]3C[C@H](C(C)C)CC[C@@H]3C)c2OC)cc(N(C)C)c1. The summed E-state index contributed by atoms with van der Waals surface area (Å²) >= 11 is 0. The van der Waals surface area contributed by atoms with Crippen molar-refractivity contribution in [2.75, 3.05) is 46.8 Å². The van der Waals surface area contributed by atoms with Gasteiger partial charge in [0.2, 0.25) is 11.8 Å². The number of nitrogens with zero attached hydrogens (tertiary/aromatic N) is 2. The van der Waals surface area contributed by atoms with Crippen LogP contribution in [0.15, 0.2) is 36.4 Å². The van der Waals surface area contributed by atoms with Crippen molar-refractivity contribution in [3.05, 3.63) is 47.5 Å². The Morgan fingerprint density at radius 1 is 1.08 bits per heavy atom. The van der Waals surface area contributed by atoms with Crippen LogP contribution in [0.5, 0.6) is 5.75 Å². The van der Waals surface area contributed by atoms with Crippen molar-refractivity contribution in [3.63, 3.8) is 0 Å². The summed E-state index contributed by atoms with van der Waals surface area (Å²) in [6.07, 6.45) is 0.449. The van der Waals surface area contributed by atoms with E-state index in [-0.39, 0.29) is 49.7 Å². The lowest BCUT2D eigenvalue weighted by Crippen LogP contribution is -2.54. The van der Waals surface area contributed by atoms with Gasteiger partial charge in [-0.05, 0) is 67.7 Å². The maximum atomic E-state index is 14.5. The summed E-state index contributed by atoms with van der Waals surface area (Å²) in [5.41, 5.74) is 3.60. The van der Waals surface area contributed by atoms with Crippen LogP contribution in [0.25, 0.3) is 11.1 Å². The van der Waals surface area contributed by atoms with Gasteiger partial charge in [0.1, 0.15) is 17.9 Å². The van der Waals surface area contributed by atoms with Gasteiger partial charge in [-0.25, -0.2) is 0 Å². The summed E-state index contributed by atoms with van der Waals surface area (Å²) in [6.45, 7) is 8.44. The van der Waals surface area contributed by atoms with E-state index < -0.39 is 30.5 Å². The molecule has 2 aromatic carbocycles. The third kappa shape index (κ3) is 10.5. The molecule has 2 aromatic rings. The van der Waals surface area contributed by atoms with Crippen LogP contribution in [-0.2, 0) is 25.7 Å². The third-order valence-electron chi connectivity index (χ3n) is 11.0. The molecule has 294 valence electrons. The van der Waals surface area contributed by atoms with Crippen LogP contribution in [0.4, 0.5) is 5.69 Å². The number of hydroxylamine groups is 2. The zero-order valence-electron chi connectivity index (χ0n) is 32.8. The van der Waals surface area contributed by atoms with Crippen molar-refractivity contribution >= 4 is 23.4 Å². The first-order valence-electron chi connectivity index (χ1n) is 18.8. The second kappa shape index (κ2) is 19.0. The molecule has 1 unspecified atom stereocenters. The van der Waals surface area contributed by atoms with Gasteiger partial charge in [0.25, 0.3) is 5.91 Å². The van der Waals surface area contributed by atoms with Crippen LogP contribution in [-0.4, -0.2) is 105 Å². The molecule has 8 atom stereocenters. The monoisotopic (exact) mass is 739 g/mol. The molecule has 2 aliphatic rings. The first-order chi connectivity index (χ1) is 25.2. The highest BCUT2D eigenvalue weighted by atomic mass is 16.7. The fraction of sp³-hybridized carbons (Fsp3) is 0.625. The van der Waals surface area contributed by atoms with E-state index in [2.05, 4.69) is 36.7 Å². The third-order valence-corrected chi connectivity index (χ3v) is 11.0. The Bertz CT molecular complexity index is 1550. The van der Waals surface area contributed by atoms with Gasteiger partial charge in [-0.15, -0.1) is 0 Å². The molecule has 1 aliphatic heterocycles. The molecule has 13 nitrogen and oxygen atoms in total. The van der Waals surface area contributed by atoms with E-state index in [1.807, 2.05) is 55.4 Å². The molecule has 1 saturated carbocycles. The number of amides is 3. The number of ether oxygens (including phenoxy) is 2. The summed E-state index contributed by atoms with van der Waals surface area (Å²) in [5, 5.41) is 31.5. The van der Waals surface area contributed by atoms with Crippen molar-refractivity contribution in [2.24, 2.45) is 23.7 Å². The number of anilines is 1. The lowest BCUT2D eigenvalue weighted by molar-refractivity contribution is -0.176. The highest BCUT2D eigenvalue weighted by Crippen LogP contribution is 2.39. The molecule has 53 heavy (non-hydrogen) atoms. The first-order valence-corrected chi connectivity index (χ1v) is 18.8. The number of hydrogen-bond acceptors (Lipinski definition) is 10. The van der Waals surface area contributed by atoms with Gasteiger partial charge in [-0.2, -0.15) is 5.06 Å². The fourth-order valence-corrected chi connectivity index (χ4v) is 7.64. The minimum absolute atomic E-state index is 0.0255. The number of para-hydroxylation sites is 1. The Morgan fingerprint density at radius 2 is 1.81 bits per heavy atom. The van der Waals surface area contributed by atoms with Crippen molar-refractivity contribution in [2.45, 2.75) is 96.9 Å². The highest BCUT2D eigenvalue weighted by Gasteiger charge is 2.50. The van der Waals surface area contributed by atoms with Gasteiger partial charge in [0, 0.05) is 82.0 Å². The topological polar surface area (TPSA) is 162 Å². The molecule has 13 heteroatoms. The second-order valence-corrected chi connectivity index (χ2v) is 15.2. The summed E-state index contributed by atoms with van der Waals surface area (Å²) in [5.74, 6) is 0.407. The zero-order chi connectivity index (χ0) is 39.0. The van der Waals surface area contributed by atoms with E-state index >= 15 is 0 Å². The number of benzene rings is 2. The van der Waals surface area contributed by atoms with Crippen LogP contribution < -0.4 is 25.6 Å². The Balaban J connectivity index is 1.70. The maximum absolute atomic E-state index is 14.5. The number of rotatable bonds is 16. The van der Waals surface area contributed by atoms with E-state index in [1.54, 1.807) is 26.1 Å².